The number of carbonyl (C=O) groups is 1. The van der Waals surface area contributed by atoms with E-state index in [1.807, 2.05) is 0 Å². The molecule has 3 nitrogen and oxygen atoms in total. The Morgan fingerprint density at radius 3 is 2.29 bits per heavy atom. The molecule has 0 aromatic heterocycles. The lowest BCUT2D eigenvalue weighted by molar-refractivity contribution is -0.184. The zero-order valence-electron chi connectivity index (χ0n) is 8.81. The molecule has 1 rings (SSSR count). The Kier molecular flexibility index (Phi) is 3.42. The van der Waals surface area contributed by atoms with E-state index in [-0.39, 0.29) is 5.69 Å². The van der Waals surface area contributed by atoms with Crippen LogP contribution in [0.2, 0.25) is 0 Å². The van der Waals surface area contributed by atoms with E-state index in [1.165, 1.54) is 12.1 Å². The van der Waals surface area contributed by atoms with Gasteiger partial charge in [0, 0.05) is 0 Å². The lowest BCUT2D eigenvalue weighted by Crippen LogP contribution is -2.59. The molecule has 0 radical (unpaired) electrons. The largest absolute Gasteiger partial charge is 0.415 e. The summed E-state index contributed by atoms with van der Waals surface area (Å²) in [6.45, 7) is 0.517. The van der Waals surface area contributed by atoms with E-state index in [4.69, 9.17) is 5.73 Å². The fourth-order valence-electron chi connectivity index (χ4n) is 0.943. The topological polar surface area (TPSA) is 55.1 Å². The molecule has 94 valence electrons. The zero-order valence-corrected chi connectivity index (χ0v) is 8.81. The molecule has 1 amide bonds. The van der Waals surface area contributed by atoms with Crippen LogP contribution in [0.25, 0.3) is 0 Å². The van der Waals surface area contributed by atoms with E-state index >= 15 is 0 Å². The summed E-state index contributed by atoms with van der Waals surface area (Å²) in [5.41, 5.74) is 1.45. The zero-order chi connectivity index (χ0) is 13.3. The summed E-state index contributed by atoms with van der Waals surface area (Å²) in [7, 11) is 0. The van der Waals surface area contributed by atoms with Crippen molar-refractivity contribution >= 4 is 11.6 Å². The standard InChI is InChI=1S/C10H10F4N2O/c1-9(15,10(12,13)14)8(17)16-7-5-3-2-4-6(7)11/h2-5H,15H2,1H3,(H,16,17). The van der Waals surface area contributed by atoms with Crippen LogP contribution in [0.1, 0.15) is 6.92 Å². The minimum atomic E-state index is -4.91. The summed E-state index contributed by atoms with van der Waals surface area (Å²) < 4.78 is 50.3. The highest BCUT2D eigenvalue weighted by Crippen LogP contribution is 2.29. The lowest BCUT2D eigenvalue weighted by Gasteiger charge is -2.26. The van der Waals surface area contributed by atoms with Crippen LogP contribution in [0.5, 0.6) is 0 Å². The first-order valence-electron chi connectivity index (χ1n) is 4.58. The van der Waals surface area contributed by atoms with E-state index in [0.29, 0.717) is 6.92 Å². The number of nitrogens with one attached hydrogen (secondary N) is 1. The second-order valence-electron chi connectivity index (χ2n) is 3.63. The number of rotatable bonds is 2. The highest BCUT2D eigenvalue weighted by Gasteiger charge is 2.54. The molecular formula is C10H10F4N2O. The van der Waals surface area contributed by atoms with Crippen molar-refractivity contribution in [1.82, 2.24) is 0 Å². The molecule has 0 spiro atoms. The molecule has 1 aromatic rings. The maximum Gasteiger partial charge on any atom is 0.415 e. The average Bonchev–Trinajstić information content (AvgIpc) is 2.19. The van der Waals surface area contributed by atoms with Crippen LogP contribution in [-0.4, -0.2) is 17.6 Å². The molecule has 1 atom stereocenters. The first-order chi connectivity index (χ1) is 7.66. The minimum absolute atomic E-state index is 0.349. The van der Waals surface area contributed by atoms with Gasteiger partial charge in [-0.1, -0.05) is 12.1 Å². The monoisotopic (exact) mass is 250 g/mol. The van der Waals surface area contributed by atoms with Crippen molar-refractivity contribution in [1.29, 1.82) is 0 Å². The van der Waals surface area contributed by atoms with Gasteiger partial charge < -0.3 is 11.1 Å². The number of benzene rings is 1. The fourth-order valence-corrected chi connectivity index (χ4v) is 0.943. The number of hydrogen-bond acceptors (Lipinski definition) is 2. The van der Waals surface area contributed by atoms with E-state index < -0.39 is 23.4 Å². The van der Waals surface area contributed by atoms with Gasteiger partial charge in [0.15, 0.2) is 5.54 Å². The maximum absolute atomic E-state index is 13.1. The van der Waals surface area contributed by atoms with E-state index in [0.717, 1.165) is 12.1 Å². The van der Waals surface area contributed by atoms with E-state index in [1.54, 1.807) is 5.32 Å². The molecule has 0 bridgehead atoms. The van der Waals surface area contributed by atoms with Gasteiger partial charge in [0.05, 0.1) is 5.69 Å². The molecule has 0 saturated heterocycles. The molecule has 0 heterocycles. The lowest BCUT2D eigenvalue weighted by atomic mass is 10.0. The van der Waals surface area contributed by atoms with Crippen molar-refractivity contribution in [3.8, 4) is 0 Å². The van der Waals surface area contributed by atoms with Gasteiger partial charge in [-0.2, -0.15) is 13.2 Å². The van der Waals surface area contributed by atoms with Crippen LogP contribution in [0.15, 0.2) is 24.3 Å². The molecule has 1 aromatic carbocycles. The third kappa shape index (κ3) is 2.73. The maximum atomic E-state index is 13.1. The van der Waals surface area contributed by atoms with Crippen LogP contribution in [0.3, 0.4) is 0 Å². The van der Waals surface area contributed by atoms with Gasteiger partial charge in [0.25, 0.3) is 5.91 Å². The van der Waals surface area contributed by atoms with Gasteiger partial charge in [-0.3, -0.25) is 4.79 Å². The van der Waals surface area contributed by atoms with Crippen molar-refractivity contribution in [3.63, 3.8) is 0 Å². The summed E-state index contributed by atoms with van der Waals surface area (Å²) in [5, 5.41) is 1.80. The Morgan fingerprint density at radius 2 is 1.82 bits per heavy atom. The van der Waals surface area contributed by atoms with Crippen molar-refractivity contribution in [2.45, 2.75) is 18.6 Å². The predicted molar refractivity (Wildman–Crippen MR) is 53.7 cm³/mol. The highest BCUT2D eigenvalue weighted by atomic mass is 19.4. The number of anilines is 1. The van der Waals surface area contributed by atoms with E-state index in [9.17, 15) is 22.4 Å². The molecule has 0 aliphatic heterocycles. The van der Waals surface area contributed by atoms with Crippen LogP contribution in [0.4, 0.5) is 23.2 Å². The van der Waals surface area contributed by atoms with E-state index in [2.05, 4.69) is 0 Å². The number of alkyl halides is 3. The van der Waals surface area contributed by atoms with Gasteiger partial charge in [-0.15, -0.1) is 0 Å². The molecule has 0 aliphatic carbocycles. The Morgan fingerprint density at radius 1 is 1.29 bits per heavy atom. The summed E-state index contributed by atoms with van der Waals surface area (Å²) in [4.78, 5) is 11.3. The summed E-state index contributed by atoms with van der Waals surface area (Å²) in [6, 6.07) is 4.87. The first kappa shape index (κ1) is 13.4. The van der Waals surface area contributed by atoms with Gasteiger partial charge >= 0.3 is 6.18 Å². The fraction of sp³-hybridized carbons (Fsp3) is 0.300. The third-order valence-corrected chi connectivity index (χ3v) is 2.18. The van der Waals surface area contributed by atoms with Crippen LogP contribution in [-0.2, 0) is 4.79 Å². The summed E-state index contributed by atoms with van der Waals surface area (Å²) >= 11 is 0. The molecule has 17 heavy (non-hydrogen) atoms. The molecule has 1 unspecified atom stereocenters. The Balaban J connectivity index is 2.91. The van der Waals surface area contributed by atoms with Crippen molar-refractivity contribution < 1.29 is 22.4 Å². The smallest absolute Gasteiger partial charge is 0.322 e. The molecule has 0 saturated carbocycles. The van der Waals surface area contributed by atoms with Crippen molar-refractivity contribution in [2.75, 3.05) is 5.32 Å². The van der Waals surface area contributed by atoms with Crippen LogP contribution >= 0.6 is 0 Å². The van der Waals surface area contributed by atoms with Crippen LogP contribution < -0.4 is 11.1 Å². The van der Waals surface area contributed by atoms with Gasteiger partial charge in [-0.05, 0) is 19.1 Å². The number of nitrogens with two attached hydrogens (primary N) is 1. The first-order valence-corrected chi connectivity index (χ1v) is 4.58. The minimum Gasteiger partial charge on any atom is -0.322 e. The number of amides is 1. The average molecular weight is 250 g/mol. The molecule has 7 heteroatoms. The Labute approximate surface area is 94.6 Å². The second-order valence-corrected chi connectivity index (χ2v) is 3.63. The molecular weight excluding hydrogens is 240 g/mol. The van der Waals surface area contributed by atoms with Gasteiger partial charge in [0.2, 0.25) is 0 Å². The summed E-state index contributed by atoms with van der Waals surface area (Å²) in [5.74, 6) is -2.35. The van der Waals surface area contributed by atoms with Gasteiger partial charge in [0.1, 0.15) is 5.82 Å². The quantitative estimate of drug-likeness (QED) is 0.789. The number of hydrogen-bond donors (Lipinski definition) is 2. The molecule has 0 fully saturated rings. The Bertz CT molecular complexity index is 429. The molecule has 3 N–H and O–H groups in total. The number of halogens is 4. The molecule has 0 aliphatic rings. The number of para-hydroxylation sites is 1. The Hall–Kier alpha value is -1.63. The predicted octanol–water partition coefficient (Wildman–Crippen LogP) is 2.04. The normalized spacial score (nSPS) is 15.2. The SMILES string of the molecule is CC(N)(C(=O)Nc1ccccc1F)C(F)(F)F. The highest BCUT2D eigenvalue weighted by molar-refractivity contribution is 5.98. The van der Waals surface area contributed by atoms with Crippen molar-refractivity contribution in [2.24, 2.45) is 5.73 Å². The van der Waals surface area contributed by atoms with Gasteiger partial charge in [-0.25, -0.2) is 4.39 Å². The third-order valence-electron chi connectivity index (χ3n) is 2.18. The van der Waals surface area contributed by atoms with Crippen molar-refractivity contribution in [3.05, 3.63) is 30.1 Å². The summed E-state index contributed by atoms with van der Waals surface area (Å²) in [6.07, 6.45) is -4.91. The van der Waals surface area contributed by atoms with Crippen LogP contribution in [0, 0.1) is 5.82 Å². The second kappa shape index (κ2) is 4.33. The number of carbonyl (C=O) groups excluding carboxylic acids is 1.